The Hall–Kier alpha value is -4.55. The molecule has 0 aliphatic heterocycles. The summed E-state index contributed by atoms with van der Waals surface area (Å²) in [5.41, 5.74) is 1.07. The average molecular weight is 1110 g/mol. The fraction of sp³-hybridized carbons (Fsp3) is 0.273. The van der Waals surface area contributed by atoms with E-state index in [2.05, 4.69) is 49.9 Å². The third-order valence-electron chi connectivity index (χ3n) is 10.7. The molecule has 6 aromatic rings. The van der Waals surface area contributed by atoms with Gasteiger partial charge in [0.05, 0.1) is 11.4 Å². The van der Waals surface area contributed by atoms with Crippen molar-refractivity contribution in [2.45, 2.75) is 34.7 Å². The Balaban J connectivity index is 0.00000593. The Bertz CT molecular complexity index is 3200. The summed E-state index contributed by atoms with van der Waals surface area (Å²) in [4.78, 5) is 37.8. The van der Waals surface area contributed by atoms with Crippen molar-refractivity contribution in [1.82, 2.24) is 29.9 Å². The molecule has 0 bridgehead atoms. The molecule has 0 fully saturated rings. The molecule has 384 valence electrons. The zero-order valence-electron chi connectivity index (χ0n) is 41.8. The molecule has 4 aromatic carbocycles. The minimum atomic E-state index is -4.96. The maximum Gasteiger partial charge on any atom is 1.00 e. The second-order valence-electron chi connectivity index (χ2n) is 15.3. The number of H-pyrrole nitrogens is 4. The van der Waals surface area contributed by atoms with Crippen LogP contribution < -0.4 is 91.8 Å². The molecule has 0 spiro atoms. The molecule has 6 rings (SSSR count). The number of benzene rings is 4. The van der Waals surface area contributed by atoms with Crippen LogP contribution in [-0.2, 0) is 46.8 Å². The summed E-state index contributed by atoms with van der Waals surface area (Å²) >= 11 is 0. The van der Waals surface area contributed by atoms with Gasteiger partial charge < -0.3 is 46.7 Å². The van der Waals surface area contributed by atoms with Gasteiger partial charge in [0.2, 0.25) is 22.5 Å². The first-order valence-electron chi connectivity index (χ1n) is 21.6. The van der Waals surface area contributed by atoms with Crippen LogP contribution >= 0.6 is 0 Å². The van der Waals surface area contributed by atoms with Gasteiger partial charge in [0, 0.05) is 79.0 Å². The smallest absolute Gasteiger partial charge is 0.872 e. The summed E-state index contributed by atoms with van der Waals surface area (Å²) in [6.45, 7) is 0.459. The van der Waals surface area contributed by atoms with Gasteiger partial charge in [0.15, 0.2) is 0 Å². The summed E-state index contributed by atoms with van der Waals surface area (Å²) < 4.78 is 106. The van der Waals surface area contributed by atoms with Crippen LogP contribution in [0.3, 0.4) is 0 Å². The van der Waals surface area contributed by atoms with Crippen LogP contribution in [0.5, 0.6) is 11.5 Å². The van der Waals surface area contributed by atoms with Crippen LogP contribution in [0.4, 0.5) is 11.4 Å². The van der Waals surface area contributed by atoms with Crippen molar-refractivity contribution in [2.75, 3.05) is 55.7 Å². The topological polar surface area (TPSA) is 349 Å². The first kappa shape index (κ1) is 62.0. The number of nitrogens with one attached hydrogen (secondary N) is 4. The zero-order valence-corrected chi connectivity index (χ0v) is 49.4. The molecule has 0 radical (unpaired) electrons. The maximum absolute atomic E-state index is 13.0. The van der Waals surface area contributed by atoms with Crippen molar-refractivity contribution in [3.05, 3.63) is 119 Å². The fourth-order valence-electron chi connectivity index (χ4n) is 7.06. The van der Waals surface area contributed by atoms with Crippen molar-refractivity contribution >= 4 is 61.4 Å². The molecule has 0 aliphatic rings. The first-order chi connectivity index (χ1) is 34.3. The number of hydrogen-bond donors (Lipinski definition) is 6. The molecule has 0 amide bonds. The molecule has 30 heteroatoms. The van der Waals surface area contributed by atoms with Crippen LogP contribution in [0.2, 0.25) is 12.1 Å². The predicted molar refractivity (Wildman–Crippen MR) is 261 cm³/mol. The monoisotopic (exact) mass is 1110 g/mol. The molecular weight excluding hydrogens is 1060 g/mol. The summed E-state index contributed by atoms with van der Waals surface area (Å²) in [6.07, 6.45) is 3.43. The molecule has 0 atom stereocenters. The third kappa shape index (κ3) is 17.0. The van der Waals surface area contributed by atoms with E-state index in [9.17, 15) is 36.2 Å². The molecule has 74 heavy (non-hydrogen) atoms. The number of nitrogens with zero attached hydrogens (tertiary/aromatic N) is 6. The van der Waals surface area contributed by atoms with E-state index in [4.69, 9.17) is 26.6 Å². The van der Waals surface area contributed by atoms with Crippen LogP contribution in [0.25, 0.3) is 34.9 Å². The van der Waals surface area contributed by atoms with Crippen LogP contribution in [0, 0.1) is 0 Å². The van der Waals surface area contributed by atoms with Gasteiger partial charge in [-0.2, -0.15) is 26.8 Å². The molecule has 2 aromatic heterocycles. The number of rotatable bonds is 22. The number of aromatic amines is 4. The molecular formula is C44H52N10Na2O14S2Si2. The van der Waals surface area contributed by atoms with E-state index in [0.717, 1.165) is 12.1 Å². The van der Waals surface area contributed by atoms with Gasteiger partial charge in [-0.1, -0.05) is 60.7 Å². The fourth-order valence-corrected chi connectivity index (χ4v) is 11.9. The third-order valence-corrected chi connectivity index (χ3v) is 18.2. The molecule has 0 aliphatic carbocycles. The van der Waals surface area contributed by atoms with Gasteiger partial charge in [-0.3, -0.25) is 29.1 Å². The second kappa shape index (κ2) is 28.0. The standard InChI is InChI=1S/C44H54N10O14S2Si2.2Na/c1-63-71(64-2,65-3)23-9-21-45-41-49-39(51-43(53-41)47-33-11-7-13-35(55)27-33)31-19-17-29(37(25-31)69(57,58)59)15-16-30-18-20-32(26-38(30)70(60,61)62)40-50-42(46-22-10-24-72(66-4,67-5)68-6)54-44(52-40)48-34-12-8-14-36(56)28-34;;/h7-8,11-20,25-28,55-56H,9-10,21-24H2,1-6H3,(H,57,58,59)(H,60,61,62)(H2,45,47,49,51,53)(H2,46,48,50,52,54);;/q;2*+1/p-2/b16-15+;;. The summed E-state index contributed by atoms with van der Waals surface area (Å²) in [5, 5.41) is 24.2. The normalized spacial score (nSPS) is 13.4. The number of aromatic nitrogens is 6. The molecule has 6 N–H and O–H groups in total. The van der Waals surface area contributed by atoms with E-state index in [-0.39, 0.29) is 140 Å². The Morgan fingerprint density at radius 3 is 1.24 bits per heavy atom. The van der Waals surface area contributed by atoms with Crippen molar-refractivity contribution in [2.24, 2.45) is 20.0 Å². The molecule has 0 unspecified atom stereocenters. The van der Waals surface area contributed by atoms with E-state index in [1.807, 2.05) is 0 Å². The predicted octanol–water partition coefficient (Wildman–Crippen LogP) is -3.26. The van der Waals surface area contributed by atoms with Crippen molar-refractivity contribution < 1.29 is 122 Å². The SMILES string of the molecule is CO[Si](CCCN=c1nc(-c2ccc(/C=C/c3ccc(-c4nc(=NCCC[Si](OC)(OC)OC)[nH]c(=Nc5cccc([O-])c5)[nH]4)cc3S(=O)(=O)O)c(S(=O)(=O)O)c2)[nH]c(=Nc2cccc([O-])c2)[nH]1)(OC)OC.[Na+].[Na+]. The summed E-state index contributed by atoms with van der Waals surface area (Å²) in [7, 11) is -6.74. The second-order valence-corrected chi connectivity index (χ2v) is 24.3. The summed E-state index contributed by atoms with van der Waals surface area (Å²) in [5.74, 6) is -0.453. The van der Waals surface area contributed by atoms with Crippen LogP contribution in [0.1, 0.15) is 24.0 Å². The van der Waals surface area contributed by atoms with Gasteiger partial charge in [-0.25, -0.2) is 9.98 Å². The molecule has 0 saturated heterocycles. The minimum Gasteiger partial charge on any atom is -0.872 e. The Labute approximate surface area is 472 Å². The van der Waals surface area contributed by atoms with E-state index >= 15 is 0 Å². The minimum absolute atomic E-state index is 0. The van der Waals surface area contributed by atoms with Gasteiger partial charge in [-0.05, 0) is 60.4 Å². The first-order valence-corrected chi connectivity index (χ1v) is 28.4. The van der Waals surface area contributed by atoms with Crippen LogP contribution in [-0.4, -0.2) is 129 Å². The van der Waals surface area contributed by atoms with Crippen LogP contribution in [0.15, 0.2) is 115 Å². The van der Waals surface area contributed by atoms with E-state index in [0.29, 0.717) is 36.3 Å². The molecule has 24 nitrogen and oxygen atoms in total. The van der Waals surface area contributed by atoms with Gasteiger partial charge in [0.25, 0.3) is 20.2 Å². The van der Waals surface area contributed by atoms with E-state index in [1.54, 1.807) is 12.1 Å². The van der Waals surface area contributed by atoms with Crippen molar-refractivity contribution in [3.8, 4) is 34.3 Å². The Morgan fingerprint density at radius 1 is 0.554 bits per heavy atom. The largest absolute Gasteiger partial charge is 1.00 e. The van der Waals surface area contributed by atoms with Gasteiger partial charge in [-0.15, -0.1) is 11.5 Å². The number of hydrogen-bond acceptors (Lipinski definition) is 18. The Kier molecular flexibility index (Phi) is 23.5. The zero-order chi connectivity index (χ0) is 52.1. The van der Waals surface area contributed by atoms with E-state index < -0.39 is 47.6 Å². The maximum atomic E-state index is 13.0. The van der Waals surface area contributed by atoms with Gasteiger partial charge in [0.1, 0.15) is 21.4 Å². The molecule has 0 saturated carbocycles. The van der Waals surface area contributed by atoms with E-state index in [1.165, 1.54) is 115 Å². The van der Waals surface area contributed by atoms with Gasteiger partial charge >= 0.3 is 76.7 Å². The van der Waals surface area contributed by atoms with Crippen molar-refractivity contribution in [3.63, 3.8) is 0 Å². The molecule has 2 heterocycles. The summed E-state index contributed by atoms with van der Waals surface area (Å²) in [6, 6.07) is 20.4. The Morgan fingerprint density at radius 2 is 0.919 bits per heavy atom. The quantitative estimate of drug-likeness (QED) is 0.0168. The average Bonchev–Trinajstić information content (AvgIpc) is 3.35. The van der Waals surface area contributed by atoms with Crippen molar-refractivity contribution in [1.29, 1.82) is 0 Å².